The SMILES string of the molecule is CC(C)c1[c]ncc(F)c1. The second-order valence-electron chi connectivity index (χ2n) is 2.51. The standard InChI is InChI=1S/C8H9FN/c1-6(2)7-3-8(9)5-10-4-7/h3,5-6H,1-2H3. The van der Waals surface area contributed by atoms with Gasteiger partial charge in [-0.1, -0.05) is 13.8 Å². The molecule has 0 aliphatic carbocycles. The molecule has 0 saturated carbocycles. The highest BCUT2D eigenvalue weighted by Crippen LogP contribution is 2.11. The maximum Gasteiger partial charge on any atom is 0.141 e. The first-order chi connectivity index (χ1) is 4.70. The molecule has 0 N–H and O–H groups in total. The summed E-state index contributed by atoms with van der Waals surface area (Å²) in [5, 5.41) is 0. The van der Waals surface area contributed by atoms with E-state index >= 15 is 0 Å². The predicted octanol–water partition coefficient (Wildman–Crippen LogP) is 2.14. The summed E-state index contributed by atoms with van der Waals surface area (Å²) in [4.78, 5) is 3.61. The van der Waals surface area contributed by atoms with Gasteiger partial charge in [0.25, 0.3) is 0 Å². The first kappa shape index (κ1) is 7.19. The molecule has 1 heterocycles. The smallest absolute Gasteiger partial charge is 0.141 e. The Bertz CT molecular complexity index is 220. The molecule has 0 unspecified atom stereocenters. The van der Waals surface area contributed by atoms with Gasteiger partial charge in [0, 0.05) is 0 Å². The lowest BCUT2D eigenvalue weighted by Gasteiger charge is -2.01. The average Bonchev–Trinajstić information content (AvgIpc) is 1.88. The van der Waals surface area contributed by atoms with E-state index in [1.165, 1.54) is 6.07 Å². The van der Waals surface area contributed by atoms with Gasteiger partial charge >= 0.3 is 0 Å². The van der Waals surface area contributed by atoms with Gasteiger partial charge in [0.15, 0.2) is 0 Å². The maximum absolute atomic E-state index is 12.4. The van der Waals surface area contributed by atoms with Gasteiger partial charge in [-0.15, -0.1) is 0 Å². The Hall–Kier alpha value is -0.920. The van der Waals surface area contributed by atoms with E-state index in [9.17, 15) is 4.39 Å². The van der Waals surface area contributed by atoms with Crippen LogP contribution in [0.2, 0.25) is 0 Å². The zero-order valence-electron chi connectivity index (χ0n) is 6.06. The molecule has 0 fully saturated rings. The van der Waals surface area contributed by atoms with Crippen LogP contribution in [0.15, 0.2) is 12.3 Å². The van der Waals surface area contributed by atoms with Gasteiger partial charge in [-0.05, 0) is 17.5 Å². The minimum absolute atomic E-state index is 0.289. The van der Waals surface area contributed by atoms with Gasteiger partial charge in [-0.3, -0.25) is 4.98 Å². The third kappa shape index (κ3) is 1.53. The van der Waals surface area contributed by atoms with Crippen molar-refractivity contribution in [3.05, 3.63) is 29.8 Å². The fourth-order valence-corrected chi connectivity index (χ4v) is 0.682. The molecule has 10 heavy (non-hydrogen) atoms. The molecule has 0 amide bonds. The Labute approximate surface area is 59.9 Å². The summed E-state index contributed by atoms with van der Waals surface area (Å²) in [6, 6.07) is 1.46. The molecule has 0 aromatic carbocycles. The normalized spacial score (nSPS) is 10.4. The number of hydrogen-bond acceptors (Lipinski definition) is 1. The summed E-state index contributed by atoms with van der Waals surface area (Å²) in [6.45, 7) is 3.96. The van der Waals surface area contributed by atoms with Crippen LogP contribution >= 0.6 is 0 Å². The van der Waals surface area contributed by atoms with E-state index in [-0.39, 0.29) is 5.82 Å². The molecule has 2 heteroatoms. The Balaban J connectivity index is 2.96. The van der Waals surface area contributed by atoms with Crippen molar-refractivity contribution in [3.8, 4) is 0 Å². The molecule has 0 aliphatic rings. The van der Waals surface area contributed by atoms with Crippen LogP contribution in [0, 0.1) is 12.0 Å². The number of halogens is 1. The summed E-state index contributed by atoms with van der Waals surface area (Å²) >= 11 is 0. The molecular formula is C8H9FN. The van der Waals surface area contributed by atoms with Crippen LogP contribution in [0.25, 0.3) is 0 Å². The Morgan fingerprint density at radius 1 is 1.60 bits per heavy atom. The molecule has 1 radical (unpaired) electrons. The van der Waals surface area contributed by atoms with E-state index in [0.717, 1.165) is 11.8 Å². The summed E-state index contributed by atoms with van der Waals surface area (Å²) < 4.78 is 12.4. The van der Waals surface area contributed by atoms with E-state index in [1.54, 1.807) is 0 Å². The van der Waals surface area contributed by atoms with Gasteiger partial charge in [0.2, 0.25) is 0 Å². The molecule has 0 aliphatic heterocycles. The van der Waals surface area contributed by atoms with Crippen LogP contribution in [-0.2, 0) is 0 Å². The summed E-state index contributed by atoms with van der Waals surface area (Å²) in [5.74, 6) is 0.00523. The van der Waals surface area contributed by atoms with E-state index < -0.39 is 0 Å². The second-order valence-corrected chi connectivity index (χ2v) is 2.51. The first-order valence-electron chi connectivity index (χ1n) is 3.23. The molecule has 53 valence electrons. The van der Waals surface area contributed by atoms with Crippen molar-refractivity contribution in [2.75, 3.05) is 0 Å². The van der Waals surface area contributed by atoms with Crippen molar-refractivity contribution in [1.29, 1.82) is 0 Å². The van der Waals surface area contributed by atoms with Crippen LogP contribution in [0.5, 0.6) is 0 Å². The minimum atomic E-state index is -0.289. The molecule has 1 nitrogen and oxygen atoms in total. The van der Waals surface area contributed by atoms with Crippen molar-refractivity contribution in [2.24, 2.45) is 0 Å². The van der Waals surface area contributed by atoms with Crippen molar-refractivity contribution in [2.45, 2.75) is 19.8 Å². The van der Waals surface area contributed by atoms with E-state index in [1.807, 2.05) is 13.8 Å². The lowest BCUT2D eigenvalue weighted by atomic mass is 10.1. The average molecular weight is 138 g/mol. The molecular weight excluding hydrogens is 129 g/mol. The Kier molecular flexibility index (Phi) is 2.00. The third-order valence-corrected chi connectivity index (χ3v) is 1.30. The summed E-state index contributed by atoms with van der Waals surface area (Å²) in [5.41, 5.74) is 0.819. The van der Waals surface area contributed by atoms with Gasteiger partial charge in [-0.25, -0.2) is 4.39 Å². The number of pyridine rings is 1. The third-order valence-electron chi connectivity index (χ3n) is 1.30. The second kappa shape index (κ2) is 2.78. The van der Waals surface area contributed by atoms with Crippen LogP contribution in [0.1, 0.15) is 25.3 Å². The van der Waals surface area contributed by atoms with Crippen molar-refractivity contribution < 1.29 is 4.39 Å². The van der Waals surface area contributed by atoms with Crippen LogP contribution < -0.4 is 0 Å². The predicted molar refractivity (Wildman–Crippen MR) is 37.1 cm³/mol. The lowest BCUT2D eigenvalue weighted by Crippen LogP contribution is -1.90. The van der Waals surface area contributed by atoms with Crippen LogP contribution in [-0.4, -0.2) is 4.98 Å². The molecule has 0 saturated heterocycles. The fraction of sp³-hybridized carbons (Fsp3) is 0.375. The number of nitrogens with zero attached hydrogens (tertiary/aromatic N) is 1. The molecule has 1 rings (SSSR count). The number of aromatic nitrogens is 1. The van der Waals surface area contributed by atoms with E-state index in [2.05, 4.69) is 11.2 Å². The highest BCUT2D eigenvalue weighted by molar-refractivity contribution is 5.12. The molecule has 0 atom stereocenters. The molecule has 1 aromatic heterocycles. The quantitative estimate of drug-likeness (QED) is 0.579. The zero-order chi connectivity index (χ0) is 7.56. The summed E-state index contributed by atoms with van der Waals surface area (Å²) in [6.07, 6.45) is 3.88. The van der Waals surface area contributed by atoms with Gasteiger partial charge in [0.1, 0.15) is 5.82 Å². The highest BCUT2D eigenvalue weighted by Gasteiger charge is 1.99. The molecule has 0 bridgehead atoms. The minimum Gasteiger partial charge on any atom is -0.251 e. The number of rotatable bonds is 1. The van der Waals surface area contributed by atoms with Gasteiger partial charge < -0.3 is 0 Å². The molecule has 0 spiro atoms. The van der Waals surface area contributed by atoms with Gasteiger partial charge in [0.05, 0.1) is 12.4 Å². The highest BCUT2D eigenvalue weighted by atomic mass is 19.1. The largest absolute Gasteiger partial charge is 0.251 e. The van der Waals surface area contributed by atoms with Crippen LogP contribution in [0.3, 0.4) is 0 Å². The van der Waals surface area contributed by atoms with E-state index in [0.29, 0.717) is 5.92 Å². The lowest BCUT2D eigenvalue weighted by molar-refractivity contribution is 0.615. The molecule has 1 aromatic rings. The Morgan fingerprint density at radius 3 is 2.70 bits per heavy atom. The Morgan fingerprint density at radius 2 is 2.30 bits per heavy atom. The monoisotopic (exact) mass is 138 g/mol. The fourth-order valence-electron chi connectivity index (χ4n) is 0.682. The zero-order valence-corrected chi connectivity index (χ0v) is 6.06. The van der Waals surface area contributed by atoms with Crippen molar-refractivity contribution >= 4 is 0 Å². The topological polar surface area (TPSA) is 12.9 Å². The first-order valence-corrected chi connectivity index (χ1v) is 3.23. The van der Waals surface area contributed by atoms with Gasteiger partial charge in [-0.2, -0.15) is 0 Å². The van der Waals surface area contributed by atoms with Crippen LogP contribution in [0.4, 0.5) is 4.39 Å². The van der Waals surface area contributed by atoms with E-state index in [4.69, 9.17) is 0 Å². The maximum atomic E-state index is 12.4. The van der Waals surface area contributed by atoms with Crippen molar-refractivity contribution in [3.63, 3.8) is 0 Å². The number of hydrogen-bond donors (Lipinski definition) is 0. The van der Waals surface area contributed by atoms with Crippen molar-refractivity contribution in [1.82, 2.24) is 4.98 Å². The summed E-state index contributed by atoms with van der Waals surface area (Å²) in [7, 11) is 0.